The first-order chi connectivity index (χ1) is 9.83. The molecule has 0 bridgehead atoms. The predicted molar refractivity (Wildman–Crippen MR) is 97.1 cm³/mol. The van der Waals surface area contributed by atoms with Gasteiger partial charge >= 0.3 is 0 Å². The Balaban J connectivity index is 0.00000220. The van der Waals surface area contributed by atoms with Crippen molar-refractivity contribution in [2.24, 2.45) is 4.99 Å². The van der Waals surface area contributed by atoms with E-state index in [0.717, 1.165) is 31.4 Å². The highest BCUT2D eigenvalue weighted by Crippen LogP contribution is 2.07. The Morgan fingerprint density at radius 1 is 1.38 bits per heavy atom. The standard InChI is InChI=1S/C13H20N6S.HI/c1-3-14-13(15-8-11-6-5-7-20-11)16-9-12-18-17-10-19(12)4-2;/h5-7,10H,3-4,8-9H2,1-2H3,(H2,14,15,16);1H. The van der Waals surface area contributed by atoms with E-state index in [9.17, 15) is 0 Å². The summed E-state index contributed by atoms with van der Waals surface area (Å²) in [6, 6.07) is 4.16. The predicted octanol–water partition coefficient (Wildman–Crippen LogP) is 2.23. The number of rotatable bonds is 6. The highest BCUT2D eigenvalue weighted by Gasteiger charge is 2.03. The van der Waals surface area contributed by atoms with Crippen molar-refractivity contribution in [2.45, 2.75) is 33.5 Å². The molecule has 2 heterocycles. The smallest absolute Gasteiger partial charge is 0.191 e. The van der Waals surface area contributed by atoms with Gasteiger partial charge in [0.25, 0.3) is 0 Å². The highest BCUT2D eigenvalue weighted by atomic mass is 127. The van der Waals surface area contributed by atoms with Crippen LogP contribution in [0.4, 0.5) is 0 Å². The minimum Gasteiger partial charge on any atom is -0.357 e. The van der Waals surface area contributed by atoms with E-state index in [-0.39, 0.29) is 24.0 Å². The third-order valence-electron chi connectivity index (χ3n) is 2.77. The van der Waals surface area contributed by atoms with E-state index in [2.05, 4.69) is 57.2 Å². The van der Waals surface area contributed by atoms with Gasteiger partial charge in [0.2, 0.25) is 0 Å². The van der Waals surface area contributed by atoms with E-state index in [0.29, 0.717) is 6.54 Å². The van der Waals surface area contributed by atoms with Crippen molar-refractivity contribution in [3.05, 3.63) is 34.5 Å². The molecule has 0 atom stereocenters. The molecule has 2 aromatic rings. The van der Waals surface area contributed by atoms with Crippen molar-refractivity contribution in [1.82, 2.24) is 25.4 Å². The molecule has 0 fully saturated rings. The SMILES string of the molecule is CCNC(=NCc1nncn1CC)NCc1cccs1.I. The maximum atomic E-state index is 4.54. The second kappa shape index (κ2) is 9.72. The number of halogens is 1. The van der Waals surface area contributed by atoms with Crippen molar-refractivity contribution in [3.63, 3.8) is 0 Å². The van der Waals surface area contributed by atoms with Gasteiger partial charge in [0.15, 0.2) is 11.8 Å². The van der Waals surface area contributed by atoms with Crippen LogP contribution in [0.1, 0.15) is 24.5 Å². The summed E-state index contributed by atoms with van der Waals surface area (Å²) in [5, 5.41) is 16.6. The second-order valence-electron chi connectivity index (χ2n) is 4.16. The van der Waals surface area contributed by atoms with Crippen molar-refractivity contribution in [3.8, 4) is 0 Å². The van der Waals surface area contributed by atoms with Gasteiger partial charge < -0.3 is 15.2 Å². The van der Waals surface area contributed by atoms with Crippen LogP contribution in [0, 0.1) is 0 Å². The summed E-state index contributed by atoms with van der Waals surface area (Å²) in [5.41, 5.74) is 0. The van der Waals surface area contributed by atoms with Crippen LogP contribution in [0.2, 0.25) is 0 Å². The highest BCUT2D eigenvalue weighted by molar-refractivity contribution is 14.0. The lowest BCUT2D eigenvalue weighted by Crippen LogP contribution is -2.36. The number of thiophene rings is 1. The molecule has 0 aliphatic heterocycles. The first kappa shape index (κ1) is 17.9. The summed E-state index contributed by atoms with van der Waals surface area (Å²) in [6.45, 7) is 7.11. The molecule has 116 valence electrons. The molecule has 21 heavy (non-hydrogen) atoms. The molecule has 0 spiro atoms. The molecule has 0 amide bonds. The van der Waals surface area contributed by atoms with Gasteiger partial charge in [0, 0.05) is 18.0 Å². The number of hydrogen-bond donors (Lipinski definition) is 2. The van der Waals surface area contributed by atoms with Crippen LogP contribution in [0.5, 0.6) is 0 Å². The van der Waals surface area contributed by atoms with E-state index in [1.165, 1.54) is 4.88 Å². The number of hydrogen-bond acceptors (Lipinski definition) is 4. The molecule has 0 unspecified atom stereocenters. The molecule has 2 rings (SSSR count). The number of nitrogens with one attached hydrogen (secondary N) is 2. The summed E-state index contributed by atoms with van der Waals surface area (Å²) in [6.07, 6.45) is 1.73. The van der Waals surface area contributed by atoms with Crippen LogP contribution in [0.25, 0.3) is 0 Å². The average molecular weight is 420 g/mol. The number of aromatic nitrogens is 3. The molecule has 0 aliphatic rings. The lowest BCUT2D eigenvalue weighted by atomic mass is 10.4. The third kappa shape index (κ3) is 5.62. The first-order valence-electron chi connectivity index (χ1n) is 6.74. The summed E-state index contributed by atoms with van der Waals surface area (Å²) < 4.78 is 1.99. The Morgan fingerprint density at radius 3 is 2.90 bits per heavy atom. The third-order valence-corrected chi connectivity index (χ3v) is 3.65. The van der Waals surface area contributed by atoms with E-state index in [4.69, 9.17) is 0 Å². The molecular weight excluding hydrogens is 399 g/mol. The zero-order valence-electron chi connectivity index (χ0n) is 12.2. The topological polar surface area (TPSA) is 67.1 Å². The van der Waals surface area contributed by atoms with Gasteiger partial charge in [0.05, 0.1) is 6.54 Å². The summed E-state index contributed by atoms with van der Waals surface area (Å²) in [5.74, 6) is 1.67. The van der Waals surface area contributed by atoms with Crippen molar-refractivity contribution in [1.29, 1.82) is 0 Å². The molecular formula is C13H21IN6S. The second-order valence-corrected chi connectivity index (χ2v) is 5.19. The Hall–Kier alpha value is -1.16. The Labute approximate surface area is 146 Å². The van der Waals surface area contributed by atoms with Crippen molar-refractivity contribution >= 4 is 41.3 Å². The molecule has 2 N–H and O–H groups in total. The van der Waals surface area contributed by atoms with Crippen LogP contribution in [0.3, 0.4) is 0 Å². The van der Waals surface area contributed by atoms with Crippen LogP contribution < -0.4 is 10.6 Å². The lowest BCUT2D eigenvalue weighted by Gasteiger charge is -2.10. The number of guanidine groups is 1. The summed E-state index contributed by atoms with van der Waals surface area (Å²) >= 11 is 1.73. The average Bonchev–Trinajstić information content (AvgIpc) is 3.12. The van der Waals surface area contributed by atoms with Crippen LogP contribution in [-0.2, 0) is 19.6 Å². The van der Waals surface area contributed by atoms with E-state index in [1.54, 1.807) is 17.7 Å². The van der Waals surface area contributed by atoms with Gasteiger partial charge in [-0.25, -0.2) is 4.99 Å². The summed E-state index contributed by atoms with van der Waals surface area (Å²) in [7, 11) is 0. The van der Waals surface area contributed by atoms with Crippen LogP contribution in [-0.4, -0.2) is 27.3 Å². The Morgan fingerprint density at radius 2 is 2.24 bits per heavy atom. The van der Waals surface area contributed by atoms with Crippen molar-refractivity contribution < 1.29 is 0 Å². The Kier molecular flexibility index (Phi) is 8.28. The van der Waals surface area contributed by atoms with Gasteiger partial charge in [-0.1, -0.05) is 6.07 Å². The van der Waals surface area contributed by atoms with E-state index < -0.39 is 0 Å². The molecule has 0 saturated heterocycles. The maximum absolute atomic E-state index is 4.54. The zero-order valence-corrected chi connectivity index (χ0v) is 15.4. The maximum Gasteiger partial charge on any atom is 0.191 e. The molecule has 0 aromatic carbocycles. The molecule has 8 heteroatoms. The minimum atomic E-state index is 0. The fourth-order valence-corrected chi connectivity index (χ4v) is 2.39. The Bertz CT molecular complexity index is 537. The number of nitrogens with zero attached hydrogens (tertiary/aromatic N) is 4. The molecule has 0 radical (unpaired) electrons. The van der Waals surface area contributed by atoms with Crippen LogP contribution >= 0.6 is 35.3 Å². The van der Waals surface area contributed by atoms with Gasteiger partial charge in [-0.05, 0) is 25.3 Å². The molecule has 0 aliphatic carbocycles. The fourth-order valence-electron chi connectivity index (χ4n) is 1.74. The monoisotopic (exact) mass is 420 g/mol. The fraction of sp³-hybridized carbons (Fsp3) is 0.462. The molecule has 2 aromatic heterocycles. The molecule has 6 nitrogen and oxygen atoms in total. The van der Waals surface area contributed by atoms with Crippen LogP contribution in [0.15, 0.2) is 28.8 Å². The van der Waals surface area contributed by atoms with Gasteiger partial charge in [-0.2, -0.15) is 0 Å². The minimum absolute atomic E-state index is 0. The lowest BCUT2D eigenvalue weighted by molar-refractivity contribution is 0.694. The normalized spacial score (nSPS) is 11.0. The van der Waals surface area contributed by atoms with E-state index >= 15 is 0 Å². The van der Waals surface area contributed by atoms with Crippen molar-refractivity contribution in [2.75, 3.05) is 6.54 Å². The van der Waals surface area contributed by atoms with Gasteiger partial charge in [-0.15, -0.1) is 45.5 Å². The number of aryl methyl sites for hydroxylation is 1. The number of aliphatic imine (C=N–C) groups is 1. The van der Waals surface area contributed by atoms with E-state index in [1.807, 2.05) is 4.57 Å². The first-order valence-corrected chi connectivity index (χ1v) is 7.62. The van der Waals surface area contributed by atoms with Gasteiger partial charge in [0.1, 0.15) is 12.9 Å². The zero-order chi connectivity index (χ0) is 14.2. The summed E-state index contributed by atoms with van der Waals surface area (Å²) in [4.78, 5) is 5.82. The quantitative estimate of drug-likeness (QED) is 0.428. The molecule has 0 saturated carbocycles. The van der Waals surface area contributed by atoms with Gasteiger partial charge in [-0.3, -0.25) is 0 Å². The largest absolute Gasteiger partial charge is 0.357 e.